The molecule has 0 spiro atoms. The van der Waals surface area contributed by atoms with Gasteiger partial charge in [-0.3, -0.25) is 0 Å². The Morgan fingerprint density at radius 1 is 1.14 bits per heavy atom. The zero-order valence-electron chi connectivity index (χ0n) is 12.3. The predicted octanol–water partition coefficient (Wildman–Crippen LogP) is 3.43. The molecule has 0 radical (unpaired) electrons. The monoisotopic (exact) mass is 297 g/mol. The van der Waals surface area contributed by atoms with Crippen LogP contribution in [-0.2, 0) is 19.4 Å². The summed E-state index contributed by atoms with van der Waals surface area (Å²) >= 11 is 0. The second-order valence-electron chi connectivity index (χ2n) is 5.75. The van der Waals surface area contributed by atoms with Gasteiger partial charge in [-0.05, 0) is 48.1 Å². The Kier molecular flexibility index (Phi) is 4.00. The number of phenols is 1. The lowest BCUT2D eigenvalue weighted by atomic mass is 9.87. The summed E-state index contributed by atoms with van der Waals surface area (Å²) in [5.41, 5.74) is 3.25. The van der Waals surface area contributed by atoms with E-state index in [4.69, 9.17) is 0 Å². The van der Waals surface area contributed by atoms with Crippen molar-refractivity contribution in [3.8, 4) is 5.75 Å². The van der Waals surface area contributed by atoms with E-state index in [9.17, 15) is 15.0 Å². The molecule has 2 aromatic rings. The van der Waals surface area contributed by atoms with Gasteiger partial charge in [0.2, 0.25) is 0 Å². The minimum Gasteiger partial charge on any atom is -0.508 e. The molecular formula is C18H19NO3. The van der Waals surface area contributed by atoms with Crippen molar-refractivity contribution >= 4 is 6.09 Å². The molecule has 1 aliphatic rings. The highest BCUT2D eigenvalue weighted by Crippen LogP contribution is 2.28. The molecule has 0 bridgehead atoms. The number of benzene rings is 2. The first-order valence-electron chi connectivity index (χ1n) is 7.48. The number of phenolic OH excluding ortho intramolecular Hbond substituents is 1. The molecule has 1 aliphatic carbocycles. The highest BCUT2D eigenvalue weighted by atomic mass is 16.4. The Bertz CT molecular complexity index is 669. The Morgan fingerprint density at radius 3 is 2.64 bits per heavy atom. The quantitative estimate of drug-likeness (QED) is 0.912. The van der Waals surface area contributed by atoms with Gasteiger partial charge in [-0.25, -0.2) is 4.79 Å². The van der Waals surface area contributed by atoms with E-state index < -0.39 is 6.09 Å². The van der Waals surface area contributed by atoms with Gasteiger partial charge >= 0.3 is 6.09 Å². The third-order valence-electron chi connectivity index (χ3n) is 4.27. The van der Waals surface area contributed by atoms with Gasteiger partial charge in [-0.15, -0.1) is 0 Å². The molecule has 0 heterocycles. The highest BCUT2D eigenvalue weighted by molar-refractivity contribution is 5.65. The van der Waals surface area contributed by atoms with Crippen molar-refractivity contribution in [1.82, 2.24) is 4.90 Å². The molecule has 114 valence electrons. The Balaban J connectivity index is 1.80. The van der Waals surface area contributed by atoms with Gasteiger partial charge in [-0.2, -0.15) is 0 Å². The van der Waals surface area contributed by atoms with Gasteiger partial charge in [0.15, 0.2) is 0 Å². The fourth-order valence-electron chi connectivity index (χ4n) is 3.12. The lowest BCUT2D eigenvalue weighted by molar-refractivity contribution is 0.115. The number of fused-ring (bicyclic) bond motifs is 1. The average Bonchev–Trinajstić information content (AvgIpc) is 2.52. The van der Waals surface area contributed by atoms with E-state index >= 15 is 0 Å². The molecule has 0 saturated carbocycles. The summed E-state index contributed by atoms with van der Waals surface area (Å²) in [4.78, 5) is 13.2. The van der Waals surface area contributed by atoms with E-state index in [1.807, 2.05) is 36.4 Å². The van der Waals surface area contributed by atoms with E-state index in [0.29, 0.717) is 13.0 Å². The van der Waals surface area contributed by atoms with E-state index in [1.165, 1.54) is 10.5 Å². The number of amides is 1. The Morgan fingerprint density at radius 2 is 1.91 bits per heavy atom. The van der Waals surface area contributed by atoms with Crippen LogP contribution in [0.2, 0.25) is 0 Å². The van der Waals surface area contributed by atoms with Crippen LogP contribution in [0.15, 0.2) is 48.5 Å². The molecule has 1 unspecified atom stereocenters. The van der Waals surface area contributed by atoms with Crippen LogP contribution in [0.5, 0.6) is 5.75 Å². The minimum atomic E-state index is -0.891. The number of aryl methyl sites for hydroxylation is 1. The van der Waals surface area contributed by atoms with Crippen LogP contribution in [0, 0.1) is 0 Å². The van der Waals surface area contributed by atoms with Gasteiger partial charge in [0.05, 0.1) is 0 Å². The molecule has 2 aromatic carbocycles. The van der Waals surface area contributed by atoms with Crippen LogP contribution in [0.1, 0.15) is 23.1 Å². The summed E-state index contributed by atoms with van der Waals surface area (Å²) in [5, 5.41) is 19.2. The molecule has 1 atom stereocenters. The zero-order chi connectivity index (χ0) is 15.5. The van der Waals surface area contributed by atoms with Crippen LogP contribution in [-0.4, -0.2) is 27.2 Å². The van der Waals surface area contributed by atoms with Gasteiger partial charge in [-0.1, -0.05) is 36.4 Å². The first kappa shape index (κ1) is 14.4. The molecule has 22 heavy (non-hydrogen) atoms. The third-order valence-corrected chi connectivity index (χ3v) is 4.27. The SMILES string of the molecule is O=C(O)N(Cc1ccccc1)C1CCc2ccc(O)cc2C1. The van der Waals surface area contributed by atoms with Crippen molar-refractivity contribution in [1.29, 1.82) is 0 Å². The summed E-state index contributed by atoms with van der Waals surface area (Å²) in [6, 6.07) is 15.0. The van der Waals surface area contributed by atoms with Gasteiger partial charge in [0, 0.05) is 12.6 Å². The molecule has 2 N–H and O–H groups in total. The van der Waals surface area contributed by atoms with Gasteiger partial charge in [0.25, 0.3) is 0 Å². The summed E-state index contributed by atoms with van der Waals surface area (Å²) in [6.45, 7) is 0.398. The minimum absolute atomic E-state index is 0.0491. The van der Waals surface area contributed by atoms with Crippen LogP contribution in [0.4, 0.5) is 4.79 Å². The molecule has 0 aliphatic heterocycles. The summed E-state index contributed by atoms with van der Waals surface area (Å²) in [5.74, 6) is 0.240. The lowest BCUT2D eigenvalue weighted by Gasteiger charge is -2.33. The maximum Gasteiger partial charge on any atom is 0.407 e. The van der Waals surface area contributed by atoms with Gasteiger partial charge < -0.3 is 15.1 Å². The molecule has 0 fully saturated rings. The fraction of sp³-hybridized carbons (Fsp3) is 0.278. The summed E-state index contributed by atoms with van der Waals surface area (Å²) < 4.78 is 0. The maximum atomic E-state index is 11.7. The standard InChI is InChI=1S/C18H19NO3/c20-17-9-7-14-6-8-16(10-15(14)11-17)19(18(21)22)12-13-4-2-1-3-5-13/h1-5,7,9,11,16,20H,6,8,10,12H2,(H,21,22). The smallest absolute Gasteiger partial charge is 0.407 e. The summed E-state index contributed by atoms with van der Waals surface area (Å²) in [7, 11) is 0. The van der Waals surface area contributed by atoms with Crippen molar-refractivity contribution in [3.05, 3.63) is 65.2 Å². The third kappa shape index (κ3) is 3.06. The van der Waals surface area contributed by atoms with E-state index in [1.54, 1.807) is 12.1 Å². The first-order valence-corrected chi connectivity index (χ1v) is 7.48. The van der Waals surface area contributed by atoms with Crippen molar-refractivity contribution in [2.75, 3.05) is 0 Å². The van der Waals surface area contributed by atoms with Crippen LogP contribution in [0.3, 0.4) is 0 Å². The van der Waals surface area contributed by atoms with Crippen LogP contribution >= 0.6 is 0 Å². The molecule has 0 saturated heterocycles. The number of aromatic hydroxyl groups is 1. The van der Waals surface area contributed by atoms with Gasteiger partial charge in [0.1, 0.15) is 5.75 Å². The molecule has 3 rings (SSSR count). The average molecular weight is 297 g/mol. The van der Waals surface area contributed by atoms with E-state index in [0.717, 1.165) is 24.0 Å². The molecule has 0 aromatic heterocycles. The van der Waals surface area contributed by atoms with Crippen LogP contribution in [0.25, 0.3) is 0 Å². The number of carboxylic acid groups (broad SMARTS) is 1. The highest BCUT2D eigenvalue weighted by Gasteiger charge is 2.27. The van der Waals surface area contributed by atoms with Crippen molar-refractivity contribution in [2.45, 2.75) is 31.8 Å². The largest absolute Gasteiger partial charge is 0.508 e. The number of rotatable bonds is 3. The number of hydrogen-bond donors (Lipinski definition) is 2. The molecule has 4 heteroatoms. The van der Waals surface area contributed by atoms with Crippen molar-refractivity contribution in [2.24, 2.45) is 0 Å². The maximum absolute atomic E-state index is 11.7. The second kappa shape index (κ2) is 6.10. The van der Waals surface area contributed by atoms with E-state index in [-0.39, 0.29) is 11.8 Å². The van der Waals surface area contributed by atoms with Crippen molar-refractivity contribution in [3.63, 3.8) is 0 Å². The van der Waals surface area contributed by atoms with Crippen molar-refractivity contribution < 1.29 is 15.0 Å². The first-order chi connectivity index (χ1) is 10.6. The van der Waals surface area contributed by atoms with Crippen LogP contribution < -0.4 is 0 Å². The topological polar surface area (TPSA) is 60.8 Å². The number of nitrogens with zero attached hydrogens (tertiary/aromatic N) is 1. The zero-order valence-corrected chi connectivity index (χ0v) is 12.3. The number of carbonyl (C=O) groups is 1. The van der Waals surface area contributed by atoms with E-state index in [2.05, 4.69) is 0 Å². The fourth-order valence-corrected chi connectivity index (χ4v) is 3.12. The molecular weight excluding hydrogens is 278 g/mol. The number of hydrogen-bond acceptors (Lipinski definition) is 2. The Labute approximate surface area is 129 Å². The second-order valence-corrected chi connectivity index (χ2v) is 5.75. The Hall–Kier alpha value is -2.49. The predicted molar refractivity (Wildman–Crippen MR) is 83.9 cm³/mol. The summed E-state index contributed by atoms with van der Waals surface area (Å²) in [6.07, 6.45) is 1.43. The molecule has 1 amide bonds. The molecule has 4 nitrogen and oxygen atoms in total. The lowest BCUT2D eigenvalue weighted by Crippen LogP contribution is -2.42. The normalized spacial score (nSPS) is 16.8.